The molecule has 0 spiro atoms. The third-order valence-corrected chi connectivity index (χ3v) is 2.71. The molecular weight excluding hydrogens is 214 g/mol. The third kappa shape index (κ3) is 1.63. The molecule has 0 unspecified atom stereocenters. The van der Waals surface area contributed by atoms with Gasteiger partial charge in [-0.1, -0.05) is 0 Å². The molecule has 0 aliphatic heterocycles. The zero-order valence-electron chi connectivity index (χ0n) is 9.34. The number of benzene rings is 1. The Morgan fingerprint density at radius 3 is 2.71 bits per heavy atom. The van der Waals surface area contributed by atoms with Crippen molar-refractivity contribution in [1.82, 2.24) is 15.2 Å². The van der Waals surface area contributed by atoms with E-state index in [0.29, 0.717) is 0 Å². The maximum absolute atomic E-state index is 5.14. The monoisotopic (exact) mass is 225 g/mol. The molecule has 3 rings (SSSR count). The minimum atomic E-state index is 0.735. The Balaban J connectivity index is 2.13. The number of aromatic nitrogens is 3. The van der Waals surface area contributed by atoms with E-state index in [-0.39, 0.29) is 0 Å². The topological polar surface area (TPSA) is 50.8 Å². The van der Waals surface area contributed by atoms with Gasteiger partial charge in [-0.2, -0.15) is 5.10 Å². The summed E-state index contributed by atoms with van der Waals surface area (Å²) in [7, 11) is 1.66. The summed E-state index contributed by atoms with van der Waals surface area (Å²) in [5.74, 6) is 0.843. The number of aromatic amines is 1. The molecule has 0 atom stereocenters. The molecule has 0 amide bonds. The van der Waals surface area contributed by atoms with Gasteiger partial charge in [0.15, 0.2) is 5.65 Å². The standard InChI is InChI=1S/C13H11N3O/c1-17-10-6-4-9(5-7-10)12-11-3-2-8-14-13(11)16-15-12/h2-8H,1H3,(H,14,15,16). The van der Waals surface area contributed by atoms with E-state index in [4.69, 9.17) is 4.74 Å². The predicted octanol–water partition coefficient (Wildman–Crippen LogP) is 2.63. The summed E-state index contributed by atoms with van der Waals surface area (Å²) in [5, 5.41) is 8.21. The summed E-state index contributed by atoms with van der Waals surface area (Å²) in [4.78, 5) is 4.19. The Labute approximate surface area is 98.3 Å². The Bertz CT molecular complexity index is 643. The highest BCUT2D eigenvalue weighted by atomic mass is 16.5. The molecular formula is C13H11N3O. The molecule has 3 aromatic rings. The van der Waals surface area contributed by atoms with Crippen LogP contribution in [0.1, 0.15) is 0 Å². The summed E-state index contributed by atoms with van der Waals surface area (Å²) in [6.45, 7) is 0. The van der Waals surface area contributed by atoms with Gasteiger partial charge in [0, 0.05) is 17.1 Å². The molecule has 0 bridgehead atoms. The Hall–Kier alpha value is -2.36. The van der Waals surface area contributed by atoms with Crippen LogP contribution in [0.25, 0.3) is 22.3 Å². The van der Waals surface area contributed by atoms with E-state index < -0.39 is 0 Å². The fourth-order valence-electron chi connectivity index (χ4n) is 1.83. The molecule has 0 aliphatic carbocycles. The normalized spacial score (nSPS) is 10.6. The minimum Gasteiger partial charge on any atom is -0.497 e. The van der Waals surface area contributed by atoms with E-state index in [9.17, 15) is 0 Å². The second-order valence-corrected chi connectivity index (χ2v) is 3.70. The lowest BCUT2D eigenvalue weighted by atomic mass is 10.1. The number of nitrogens with zero attached hydrogens (tertiary/aromatic N) is 2. The van der Waals surface area contributed by atoms with Crippen molar-refractivity contribution < 1.29 is 4.74 Å². The van der Waals surface area contributed by atoms with Gasteiger partial charge in [-0.05, 0) is 36.4 Å². The van der Waals surface area contributed by atoms with Crippen molar-refractivity contribution in [2.45, 2.75) is 0 Å². The molecule has 1 aromatic carbocycles. The zero-order chi connectivity index (χ0) is 11.7. The first-order valence-electron chi connectivity index (χ1n) is 5.32. The molecule has 4 heteroatoms. The average molecular weight is 225 g/mol. The lowest BCUT2D eigenvalue weighted by Crippen LogP contribution is -1.83. The number of methoxy groups -OCH3 is 1. The number of H-pyrrole nitrogens is 1. The SMILES string of the molecule is COc1ccc(-c2[nH]nc3ncccc23)cc1. The van der Waals surface area contributed by atoms with Crippen molar-refractivity contribution in [1.29, 1.82) is 0 Å². The van der Waals surface area contributed by atoms with E-state index in [1.807, 2.05) is 36.4 Å². The number of ether oxygens (including phenoxy) is 1. The first-order chi connectivity index (χ1) is 8.38. The van der Waals surface area contributed by atoms with Gasteiger partial charge in [-0.25, -0.2) is 4.98 Å². The van der Waals surface area contributed by atoms with E-state index >= 15 is 0 Å². The van der Waals surface area contributed by atoms with Crippen LogP contribution in [-0.2, 0) is 0 Å². The summed E-state index contributed by atoms with van der Waals surface area (Å²) < 4.78 is 5.14. The molecule has 2 aromatic heterocycles. The van der Waals surface area contributed by atoms with Crippen LogP contribution in [0.15, 0.2) is 42.6 Å². The largest absolute Gasteiger partial charge is 0.497 e. The molecule has 84 valence electrons. The maximum Gasteiger partial charge on any atom is 0.181 e. The van der Waals surface area contributed by atoms with Crippen LogP contribution in [0.5, 0.6) is 5.75 Å². The number of rotatable bonds is 2. The molecule has 0 saturated carbocycles. The highest BCUT2D eigenvalue weighted by Crippen LogP contribution is 2.26. The molecule has 0 radical (unpaired) electrons. The number of nitrogens with one attached hydrogen (secondary N) is 1. The van der Waals surface area contributed by atoms with Crippen molar-refractivity contribution in [3.63, 3.8) is 0 Å². The fraction of sp³-hybridized carbons (Fsp3) is 0.0769. The average Bonchev–Trinajstić information content (AvgIpc) is 2.83. The van der Waals surface area contributed by atoms with Crippen LogP contribution in [0.3, 0.4) is 0 Å². The summed E-state index contributed by atoms with van der Waals surface area (Å²) >= 11 is 0. The minimum absolute atomic E-state index is 0.735. The maximum atomic E-state index is 5.14. The van der Waals surface area contributed by atoms with Crippen molar-refractivity contribution >= 4 is 11.0 Å². The van der Waals surface area contributed by atoms with Gasteiger partial charge in [0.05, 0.1) is 12.8 Å². The molecule has 2 heterocycles. The highest BCUT2D eigenvalue weighted by Gasteiger charge is 2.07. The highest BCUT2D eigenvalue weighted by molar-refractivity contribution is 5.90. The Kier molecular flexibility index (Phi) is 2.26. The van der Waals surface area contributed by atoms with Gasteiger partial charge in [0.2, 0.25) is 0 Å². The second-order valence-electron chi connectivity index (χ2n) is 3.70. The van der Waals surface area contributed by atoms with Gasteiger partial charge in [0.25, 0.3) is 0 Å². The fourth-order valence-corrected chi connectivity index (χ4v) is 1.83. The van der Waals surface area contributed by atoms with Crippen LogP contribution >= 0.6 is 0 Å². The number of hydrogen-bond donors (Lipinski definition) is 1. The van der Waals surface area contributed by atoms with Crippen LogP contribution in [0, 0.1) is 0 Å². The van der Waals surface area contributed by atoms with Crippen molar-refractivity contribution in [3.8, 4) is 17.0 Å². The van der Waals surface area contributed by atoms with Gasteiger partial charge in [-0.3, -0.25) is 5.10 Å². The van der Waals surface area contributed by atoms with Crippen molar-refractivity contribution in [3.05, 3.63) is 42.6 Å². The van der Waals surface area contributed by atoms with E-state index in [0.717, 1.165) is 28.0 Å². The van der Waals surface area contributed by atoms with Crippen LogP contribution in [-0.4, -0.2) is 22.3 Å². The van der Waals surface area contributed by atoms with Crippen LogP contribution in [0.4, 0.5) is 0 Å². The molecule has 17 heavy (non-hydrogen) atoms. The lowest BCUT2D eigenvalue weighted by molar-refractivity contribution is 0.415. The number of hydrogen-bond acceptors (Lipinski definition) is 3. The van der Waals surface area contributed by atoms with E-state index in [1.165, 1.54) is 0 Å². The number of pyridine rings is 1. The Morgan fingerprint density at radius 2 is 1.94 bits per heavy atom. The Morgan fingerprint density at radius 1 is 1.12 bits per heavy atom. The molecule has 0 saturated heterocycles. The zero-order valence-corrected chi connectivity index (χ0v) is 9.34. The van der Waals surface area contributed by atoms with Crippen LogP contribution in [0.2, 0.25) is 0 Å². The summed E-state index contributed by atoms with van der Waals surface area (Å²) in [6, 6.07) is 11.8. The summed E-state index contributed by atoms with van der Waals surface area (Å²) in [5.41, 5.74) is 2.79. The van der Waals surface area contributed by atoms with Crippen LogP contribution < -0.4 is 4.74 Å². The van der Waals surface area contributed by atoms with Crippen molar-refractivity contribution in [2.75, 3.05) is 7.11 Å². The van der Waals surface area contributed by atoms with Gasteiger partial charge in [0.1, 0.15) is 5.75 Å². The molecule has 4 nitrogen and oxygen atoms in total. The summed E-state index contributed by atoms with van der Waals surface area (Å²) in [6.07, 6.45) is 1.74. The first-order valence-corrected chi connectivity index (χ1v) is 5.32. The predicted molar refractivity (Wildman–Crippen MR) is 65.9 cm³/mol. The van der Waals surface area contributed by atoms with E-state index in [1.54, 1.807) is 13.3 Å². The third-order valence-electron chi connectivity index (χ3n) is 2.71. The molecule has 1 N–H and O–H groups in total. The van der Waals surface area contributed by atoms with E-state index in [2.05, 4.69) is 15.2 Å². The quantitative estimate of drug-likeness (QED) is 0.729. The second kappa shape index (κ2) is 3.90. The first kappa shape index (κ1) is 9.84. The smallest absolute Gasteiger partial charge is 0.181 e. The van der Waals surface area contributed by atoms with Gasteiger partial charge >= 0.3 is 0 Å². The lowest BCUT2D eigenvalue weighted by Gasteiger charge is -2.01. The van der Waals surface area contributed by atoms with Gasteiger partial charge < -0.3 is 4.74 Å². The molecule has 0 fully saturated rings. The van der Waals surface area contributed by atoms with Crippen molar-refractivity contribution in [2.24, 2.45) is 0 Å². The van der Waals surface area contributed by atoms with Gasteiger partial charge in [-0.15, -0.1) is 0 Å². The number of fused-ring (bicyclic) bond motifs is 1. The molecule has 0 aliphatic rings.